The maximum atomic E-state index is 14.9. The number of urea groups is 1. The molecule has 3 N–H and O–H groups in total. The Morgan fingerprint density at radius 3 is 2.30 bits per heavy atom. The van der Waals surface area contributed by atoms with Crippen molar-refractivity contribution in [2.24, 2.45) is 11.0 Å². The molecule has 1 saturated carbocycles. The van der Waals surface area contributed by atoms with Crippen molar-refractivity contribution >= 4 is 34.5 Å². The van der Waals surface area contributed by atoms with Gasteiger partial charge in [-0.3, -0.25) is 4.90 Å². The number of aromatic amines is 1. The van der Waals surface area contributed by atoms with Crippen LogP contribution in [0.5, 0.6) is 0 Å². The van der Waals surface area contributed by atoms with Gasteiger partial charge in [0.15, 0.2) is 0 Å². The second kappa shape index (κ2) is 14.0. The molecular weight excluding hydrogens is 582 g/mol. The maximum absolute atomic E-state index is 14.9. The number of fused-ring (bicyclic) bond motifs is 1. The number of hydrazone groups is 1. The number of aromatic nitrogens is 2. The van der Waals surface area contributed by atoms with Gasteiger partial charge in [-0.2, -0.15) is 5.10 Å². The number of carbonyl (C=O) groups excluding carboxylic acids is 1. The molecule has 2 heterocycles. The number of amides is 2. The number of benzene rings is 4. The molecule has 1 aliphatic heterocycles. The minimum Gasteiger partial charge on any atom is -0.380 e. The van der Waals surface area contributed by atoms with Crippen molar-refractivity contribution in [2.45, 2.75) is 58.2 Å². The van der Waals surface area contributed by atoms with Gasteiger partial charge in [0.2, 0.25) is 0 Å². The summed E-state index contributed by atoms with van der Waals surface area (Å²) in [6, 6.07) is 34.5. The summed E-state index contributed by atoms with van der Waals surface area (Å²) in [5, 5.41) is 14.2. The molecule has 4 aromatic carbocycles. The summed E-state index contributed by atoms with van der Waals surface area (Å²) in [6.07, 6.45) is 9.24. The fraction of sp³-hybridized carbons (Fsp3) is 0.256. The van der Waals surface area contributed by atoms with Crippen LogP contribution in [0.4, 0.5) is 27.5 Å². The number of H-pyrrole nitrogens is 1. The van der Waals surface area contributed by atoms with Gasteiger partial charge in [0.25, 0.3) is 0 Å². The molecule has 1 aliphatic carbocycles. The first-order valence-electron chi connectivity index (χ1n) is 16.7. The largest absolute Gasteiger partial charge is 0.380 e. The summed E-state index contributed by atoms with van der Waals surface area (Å²) in [6.45, 7) is 3.32. The van der Waals surface area contributed by atoms with E-state index < -0.39 is 0 Å². The second-order valence-corrected chi connectivity index (χ2v) is 12.3. The lowest BCUT2D eigenvalue weighted by molar-refractivity contribution is 0.191. The van der Waals surface area contributed by atoms with E-state index in [0.29, 0.717) is 13.1 Å². The van der Waals surface area contributed by atoms with Gasteiger partial charge in [-0.15, -0.1) is 0 Å². The Kier molecular flexibility index (Phi) is 8.99. The Hall–Kier alpha value is -5.37. The van der Waals surface area contributed by atoms with Crippen molar-refractivity contribution in [3.05, 3.63) is 138 Å². The predicted molar refractivity (Wildman–Crippen MR) is 190 cm³/mol. The van der Waals surface area contributed by atoms with E-state index in [0.717, 1.165) is 71.1 Å². The first kappa shape index (κ1) is 30.3. The fourth-order valence-corrected chi connectivity index (χ4v) is 6.70. The molecule has 1 unspecified atom stereocenters. The zero-order chi connectivity index (χ0) is 32.0. The zero-order valence-corrected chi connectivity index (χ0v) is 26.8. The molecule has 2 amide bonds. The maximum Gasteiger partial charge on any atom is 0.350 e. The molecule has 8 nitrogen and oxygen atoms in total. The van der Waals surface area contributed by atoms with Gasteiger partial charge >= 0.3 is 6.03 Å². The lowest BCUT2D eigenvalue weighted by atomic mass is 9.82. The van der Waals surface area contributed by atoms with Crippen molar-refractivity contribution in [3.63, 3.8) is 0 Å². The van der Waals surface area contributed by atoms with Crippen LogP contribution in [0.3, 0.4) is 0 Å². The van der Waals surface area contributed by atoms with Crippen LogP contribution in [0.2, 0.25) is 0 Å². The van der Waals surface area contributed by atoms with Crippen LogP contribution in [0, 0.1) is 5.92 Å². The van der Waals surface area contributed by atoms with Crippen LogP contribution in [0.1, 0.15) is 67.6 Å². The van der Waals surface area contributed by atoms with Crippen molar-refractivity contribution < 1.29 is 4.79 Å². The molecule has 1 aromatic heterocycles. The summed E-state index contributed by atoms with van der Waals surface area (Å²) in [5.41, 5.74) is 7.79. The van der Waals surface area contributed by atoms with Gasteiger partial charge in [-0.05, 0) is 67.3 Å². The second-order valence-electron chi connectivity index (χ2n) is 12.3. The van der Waals surface area contributed by atoms with Crippen LogP contribution in [-0.2, 0) is 13.1 Å². The van der Waals surface area contributed by atoms with Crippen LogP contribution < -0.4 is 15.5 Å². The highest BCUT2D eigenvalue weighted by Gasteiger charge is 2.37. The van der Waals surface area contributed by atoms with Crippen LogP contribution in [-0.4, -0.2) is 26.7 Å². The number of nitrogens with zero attached hydrogens (tertiary/aromatic N) is 4. The molecule has 2 aliphatic rings. The van der Waals surface area contributed by atoms with Gasteiger partial charge in [-0.25, -0.2) is 14.8 Å². The molecule has 8 heteroatoms. The Morgan fingerprint density at radius 2 is 1.57 bits per heavy atom. The number of hydrogen-bond donors (Lipinski definition) is 3. The molecule has 5 aromatic rings. The molecule has 238 valence electrons. The van der Waals surface area contributed by atoms with E-state index in [1.165, 1.54) is 12.0 Å². The van der Waals surface area contributed by atoms with E-state index in [1.54, 1.807) is 11.2 Å². The molecule has 1 fully saturated rings. The van der Waals surface area contributed by atoms with Crippen molar-refractivity contribution in [1.29, 1.82) is 0 Å². The molecule has 0 radical (unpaired) electrons. The lowest BCUT2D eigenvalue weighted by Crippen LogP contribution is -2.38. The van der Waals surface area contributed by atoms with Gasteiger partial charge in [0, 0.05) is 41.8 Å². The number of hydrogen-bond acceptors (Lipinski definition) is 5. The quantitative estimate of drug-likeness (QED) is 0.145. The van der Waals surface area contributed by atoms with E-state index in [2.05, 4.69) is 76.1 Å². The van der Waals surface area contributed by atoms with Crippen LogP contribution in [0.15, 0.2) is 121 Å². The number of nitrogens with one attached hydrogen (secondary N) is 3. The number of anilines is 4. The Bertz CT molecular complexity index is 1800. The van der Waals surface area contributed by atoms with E-state index >= 15 is 0 Å². The standard InChI is InChI=1S/C39H41N7O/c1-28(30-14-7-3-8-15-30)46-39(47)45(33-22-20-32(21-23-33)42-27-36-40-24-25-41-36)35-19-11-18-34(43-26-29-12-5-2-6-13-29)37(35)38(44-46)31-16-9-4-10-17-31/h2-3,5-8,11-15,18-25,28,31,42-43H,4,9-10,16-17,26-27H2,1H3,(H,40,41). The van der Waals surface area contributed by atoms with Crippen molar-refractivity contribution in [3.8, 4) is 0 Å². The fourth-order valence-electron chi connectivity index (χ4n) is 6.70. The topological polar surface area (TPSA) is 88.7 Å². The number of carbonyl (C=O) groups is 1. The summed E-state index contributed by atoms with van der Waals surface area (Å²) < 4.78 is 0. The Balaban J connectivity index is 1.33. The normalized spacial score (nSPS) is 15.9. The number of imidazole rings is 1. The summed E-state index contributed by atoms with van der Waals surface area (Å²) in [7, 11) is 0. The smallest absolute Gasteiger partial charge is 0.350 e. The van der Waals surface area contributed by atoms with E-state index in [4.69, 9.17) is 5.10 Å². The zero-order valence-electron chi connectivity index (χ0n) is 26.8. The van der Waals surface area contributed by atoms with E-state index in [1.807, 2.05) is 65.7 Å². The summed E-state index contributed by atoms with van der Waals surface area (Å²) >= 11 is 0. The van der Waals surface area contributed by atoms with E-state index in [-0.39, 0.29) is 18.0 Å². The third kappa shape index (κ3) is 6.63. The SMILES string of the molecule is CC(c1ccccc1)N1N=C(C2CCCCC2)c2c(NCc3ccccc3)cccc2N(c2ccc(NCc3ncc[nH]3)cc2)C1=O. The van der Waals surface area contributed by atoms with Gasteiger partial charge < -0.3 is 15.6 Å². The molecule has 0 spiro atoms. The molecule has 7 rings (SSSR count). The highest BCUT2D eigenvalue weighted by Crippen LogP contribution is 2.42. The molecule has 0 saturated heterocycles. The van der Waals surface area contributed by atoms with Gasteiger partial charge in [-0.1, -0.05) is 86.0 Å². The van der Waals surface area contributed by atoms with Crippen LogP contribution in [0.25, 0.3) is 0 Å². The Morgan fingerprint density at radius 1 is 0.830 bits per heavy atom. The first-order valence-corrected chi connectivity index (χ1v) is 16.7. The minimum absolute atomic E-state index is 0.176. The highest BCUT2D eigenvalue weighted by atomic mass is 16.2. The molecule has 0 bridgehead atoms. The summed E-state index contributed by atoms with van der Waals surface area (Å²) in [4.78, 5) is 24.2. The molecule has 47 heavy (non-hydrogen) atoms. The minimum atomic E-state index is -0.269. The third-order valence-electron chi connectivity index (χ3n) is 9.25. The monoisotopic (exact) mass is 623 g/mol. The van der Waals surface area contributed by atoms with Crippen molar-refractivity contribution in [1.82, 2.24) is 15.0 Å². The molecule has 1 atom stereocenters. The third-order valence-corrected chi connectivity index (χ3v) is 9.25. The average Bonchev–Trinajstić information content (AvgIpc) is 3.62. The average molecular weight is 624 g/mol. The van der Waals surface area contributed by atoms with E-state index in [9.17, 15) is 4.79 Å². The van der Waals surface area contributed by atoms with Crippen LogP contribution >= 0.6 is 0 Å². The highest BCUT2D eigenvalue weighted by molar-refractivity contribution is 6.17. The number of rotatable bonds is 10. The lowest BCUT2D eigenvalue weighted by Gasteiger charge is -2.30. The predicted octanol–water partition coefficient (Wildman–Crippen LogP) is 9.25. The Labute approximate surface area is 276 Å². The summed E-state index contributed by atoms with van der Waals surface area (Å²) in [5.74, 6) is 1.12. The van der Waals surface area contributed by atoms with Gasteiger partial charge in [0.1, 0.15) is 5.82 Å². The first-order chi connectivity index (χ1) is 23.2. The van der Waals surface area contributed by atoms with Crippen molar-refractivity contribution in [2.75, 3.05) is 15.5 Å². The molecular formula is C39H41N7O. The van der Waals surface area contributed by atoms with Gasteiger partial charge in [0.05, 0.1) is 29.7 Å².